The van der Waals surface area contributed by atoms with Crippen molar-refractivity contribution >= 4 is 28.6 Å². The molecular formula is C22H21N7O4. The van der Waals surface area contributed by atoms with E-state index in [2.05, 4.69) is 30.4 Å². The number of fused-ring (bicyclic) bond motifs is 1. The van der Waals surface area contributed by atoms with E-state index in [1.54, 1.807) is 25.4 Å². The van der Waals surface area contributed by atoms with Crippen molar-refractivity contribution in [3.8, 4) is 11.4 Å². The Bertz CT molecular complexity index is 1300. The van der Waals surface area contributed by atoms with E-state index in [0.29, 0.717) is 17.5 Å². The highest BCUT2D eigenvalue weighted by molar-refractivity contribution is 5.94. The molecule has 4 aromatic rings. The first kappa shape index (κ1) is 20.8. The molecule has 0 radical (unpaired) electrons. The Kier molecular flexibility index (Phi) is 5.31. The Labute approximate surface area is 188 Å². The number of ether oxygens (including phenoxy) is 1. The minimum absolute atomic E-state index is 0.0914. The van der Waals surface area contributed by atoms with Gasteiger partial charge in [-0.1, -0.05) is 23.4 Å². The number of benzene rings is 1. The topological polar surface area (TPSA) is 139 Å². The Morgan fingerprint density at radius 2 is 2.06 bits per heavy atom. The average molecular weight is 447 g/mol. The third kappa shape index (κ3) is 3.94. The van der Waals surface area contributed by atoms with Gasteiger partial charge in [0.25, 0.3) is 0 Å². The summed E-state index contributed by atoms with van der Waals surface area (Å²) in [7, 11) is 0. The number of rotatable bonds is 6. The summed E-state index contributed by atoms with van der Waals surface area (Å²) in [6.45, 7) is 3.52. The molecule has 2 N–H and O–H groups in total. The third-order valence-corrected chi connectivity index (χ3v) is 5.43. The lowest BCUT2D eigenvalue weighted by Gasteiger charge is -2.22. The average Bonchev–Trinajstić information content (AvgIpc) is 3.46. The van der Waals surface area contributed by atoms with E-state index in [-0.39, 0.29) is 12.6 Å². The molecule has 4 heterocycles. The number of cyclic esters (lactones) is 1. The molecule has 1 fully saturated rings. The van der Waals surface area contributed by atoms with Crippen molar-refractivity contribution in [1.29, 1.82) is 0 Å². The number of carbonyl (C=O) groups excluding carboxylic acids is 1. The van der Waals surface area contributed by atoms with Gasteiger partial charge in [-0.05, 0) is 31.4 Å². The zero-order chi connectivity index (χ0) is 22.9. The van der Waals surface area contributed by atoms with Crippen LogP contribution in [0.2, 0.25) is 0 Å². The van der Waals surface area contributed by atoms with Crippen LogP contribution in [-0.4, -0.2) is 55.0 Å². The van der Waals surface area contributed by atoms with Gasteiger partial charge in [0.2, 0.25) is 17.7 Å². The largest absolute Gasteiger partial charge is 0.447 e. The van der Waals surface area contributed by atoms with Crippen LogP contribution in [0, 0.1) is 0 Å². The summed E-state index contributed by atoms with van der Waals surface area (Å²) < 4.78 is 10.5. The summed E-state index contributed by atoms with van der Waals surface area (Å²) in [6.07, 6.45) is 3.68. The van der Waals surface area contributed by atoms with Gasteiger partial charge in [0, 0.05) is 29.5 Å². The minimum atomic E-state index is -0.775. The molecule has 5 rings (SSSR count). The first-order valence-corrected chi connectivity index (χ1v) is 10.4. The molecule has 0 saturated carbocycles. The molecule has 1 aliphatic heterocycles. The second-order valence-electron chi connectivity index (χ2n) is 7.72. The van der Waals surface area contributed by atoms with Crippen molar-refractivity contribution in [3.63, 3.8) is 0 Å². The van der Waals surface area contributed by atoms with E-state index in [1.807, 2.05) is 31.2 Å². The number of nitrogens with one attached hydrogen (secondary N) is 1. The third-order valence-electron chi connectivity index (χ3n) is 5.43. The second-order valence-corrected chi connectivity index (χ2v) is 7.72. The summed E-state index contributed by atoms with van der Waals surface area (Å²) in [5.41, 5.74) is 0.817. The van der Waals surface area contributed by atoms with E-state index in [0.717, 1.165) is 16.3 Å². The molecular weight excluding hydrogens is 426 g/mol. The summed E-state index contributed by atoms with van der Waals surface area (Å²) in [6, 6.07) is 8.41. The number of aromatic nitrogens is 5. The van der Waals surface area contributed by atoms with E-state index in [4.69, 9.17) is 9.26 Å². The zero-order valence-electron chi connectivity index (χ0n) is 17.9. The van der Waals surface area contributed by atoms with Crippen LogP contribution in [0.15, 0.2) is 53.4 Å². The van der Waals surface area contributed by atoms with Crippen LogP contribution in [-0.2, 0) is 4.74 Å². The predicted octanol–water partition coefficient (Wildman–Crippen LogP) is 2.95. The fourth-order valence-corrected chi connectivity index (χ4v) is 3.69. The second kappa shape index (κ2) is 8.43. The molecule has 0 spiro atoms. The van der Waals surface area contributed by atoms with Crippen LogP contribution in [0.3, 0.4) is 0 Å². The molecule has 3 atom stereocenters. The van der Waals surface area contributed by atoms with E-state index >= 15 is 0 Å². The quantitative estimate of drug-likeness (QED) is 0.453. The number of carbonyl (C=O) groups is 1. The first-order chi connectivity index (χ1) is 16.0. The summed E-state index contributed by atoms with van der Waals surface area (Å²) in [5.74, 6) is 1.38. The Morgan fingerprint density at radius 3 is 2.91 bits per heavy atom. The Balaban J connectivity index is 1.37. The highest BCUT2D eigenvalue weighted by Gasteiger charge is 2.38. The van der Waals surface area contributed by atoms with Crippen LogP contribution < -0.4 is 10.2 Å². The van der Waals surface area contributed by atoms with Crippen molar-refractivity contribution in [3.05, 3.63) is 54.8 Å². The Hall–Kier alpha value is -4.12. The maximum absolute atomic E-state index is 12.1. The number of amides is 1. The van der Waals surface area contributed by atoms with Crippen molar-refractivity contribution in [2.75, 3.05) is 16.8 Å². The highest BCUT2D eigenvalue weighted by atomic mass is 16.6. The first-order valence-electron chi connectivity index (χ1n) is 10.4. The standard InChI is InChI=1S/C22H21N7O4/c1-12(20-27-19(28-33-20)15-5-3-4-14-6-8-23-10-16(14)15)25-21-24-9-7-18(26-21)29-17(13(2)30)11-32-22(29)31/h3-10,12-13,17,30H,11H2,1-2H3,(H,24,25,26)/t12-,13+,17?/m0/s1. The number of nitrogens with zero attached hydrogens (tertiary/aromatic N) is 6. The van der Waals surface area contributed by atoms with E-state index in [9.17, 15) is 9.90 Å². The molecule has 1 aliphatic rings. The van der Waals surface area contributed by atoms with Gasteiger partial charge in [-0.25, -0.2) is 9.78 Å². The lowest BCUT2D eigenvalue weighted by molar-refractivity contribution is 0.142. The van der Waals surface area contributed by atoms with Gasteiger partial charge in [-0.3, -0.25) is 9.88 Å². The molecule has 1 amide bonds. The van der Waals surface area contributed by atoms with E-state index < -0.39 is 24.3 Å². The summed E-state index contributed by atoms with van der Waals surface area (Å²) >= 11 is 0. The van der Waals surface area contributed by atoms with Crippen molar-refractivity contribution in [2.24, 2.45) is 0 Å². The van der Waals surface area contributed by atoms with Crippen molar-refractivity contribution in [1.82, 2.24) is 25.1 Å². The highest BCUT2D eigenvalue weighted by Crippen LogP contribution is 2.28. The lowest BCUT2D eigenvalue weighted by Crippen LogP contribution is -2.41. The van der Waals surface area contributed by atoms with Gasteiger partial charge < -0.3 is 19.7 Å². The van der Waals surface area contributed by atoms with Crippen molar-refractivity contribution in [2.45, 2.75) is 32.0 Å². The maximum atomic E-state index is 12.1. The normalized spacial score (nSPS) is 17.7. The van der Waals surface area contributed by atoms with Gasteiger partial charge >= 0.3 is 6.09 Å². The molecule has 11 heteroatoms. The number of hydrogen-bond acceptors (Lipinski definition) is 10. The van der Waals surface area contributed by atoms with Gasteiger partial charge in [-0.15, -0.1) is 0 Å². The van der Waals surface area contributed by atoms with Crippen LogP contribution in [0.1, 0.15) is 25.8 Å². The number of aliphatic hydroxyl groups excluding tert-OH is 1. The molecule has 33 heavy (non-hydrogen) atoms. The molecule has 1 saturated heterocycles. The molecule has 1 aromatic carbocycles. The van der Waals surface area contributed by atoms with Gasteiger partial charge in [-0.2, -0.15) is 9.97 Å². The van der Waals surface area contributed by atoms with Crippen LogP contribution >= 0.6 is 0 Å². The number of aliphatic hydroxyl groups is 1. The molecule has 3 aromatic heterocycles. The van der Waals surface area contributed by atoms with Gasteiger partial charge in [0.15, 0.2) is 0 Å². The van der Waals surface area contributed by atoms with Crippen LogP contribution in [0.4, 0.5) is 16.6 Å². The predicted molar refractivity (Wildman–Crippen MR) is 118 cm³/mol. The number of pyridine rings is 1. The molecule has 0 bridgehead atoms. The van der Waals surface area contributed by atoms with Crippen LogP contribution in [0.25, 0.3) is 22.2 Å². The minimum Gasteiger partial charge on any atom is -0.447 e. The SMILES string of the molecule is C[C@H](Nc1nccc(N2C(=O)OCC2[C@@H](C)O)n1)c1nc(-c2cccc3ccncc23)no1. The smallest absolute Gasteiger partial charge is 0.416 e. The number of anilines is 2. The fraction of sp³-hybridized carbons (Fsp3) is 0.273. The Morgan fingerprint density at radius 1 is 1.18 bits per heavy atom. The van der Waals surface area contributed by atoms with E-state index in [1.165, 1.54) is 11.1 Å². The molecule has 168 valence electrons. The summed E-state index contributed by atoms with van der Waals surface area (Å²) in [4.78, 5) is 30.8. The monoisotopic (exact) mass is 447 g/mol. The summed E-state index contributed by atoms with van der Waals surface area (Å²) in [5, 5.41) is 19.2. The lowest BCUT2D eigenvalue weighted by atomic mass is 10.1. The van der Waals surface area contributed by atoms with Gasteiger partial charge in [0.05, 0.1) is 6.10 Å². The van der Waals surface area contributed by atoms with Crippen molar-refractivity contribution < 1.29 is 19.2 Å². The molecule has 11 nitrogen and oxygen atoms in total. The molecule has 0 aliphatic carbocycles. The fourth-order valence-electron chi connectivity index (χ4n) is 3.69. The maximum Gasteiger partial charge on any atom is 0.416 e. The zero-order valence-corrected chi connectivity index (χ0v) is 17.9. The molecule has 1 unspecified atom stereocenters. The van der Waals surface area contributed by atoms with Gasteiger partial charge in [0.1, 0.15) is 24.5 Å². The number of hydrogen-bond donors (Lipinski definition) is 2. The van der Waals surface area contributed by atoms with Crippen LogP contribution in [0.5, 0.6) is 0 Å².